The van der Waals surface area contributed by atoms with Crippen LogP contribution < -0.4 is 0 Å². The van der Waals surface area contributed by atoms with E-state index < -0.39 is 0 Å². The average Bonchev–Trinajstić information content (AvgIpc) is 2.49. The Kier molecular flexibility index (Phi) is 5.57. The number of benzene rings is 1. The zero-order valence-corrected chi connectivity index (χ0v) is 14.1. The topological polar surface area (TPSA) is 23.6 Å². The van der Waals surface area contributed by atoms with Crippen molar-refractivity contribution in [3.8, 4) is 0 Å². The van der Waals surface area contributed by atoms with Crippen molar-refractivity contribution in [1.29, 1.82) is 0 Å². The van der Waals surface area contributed by atoms with Gasteiger partial charge < -0.3 is 4.90 Å². The molecule has 2 rings (SSSR count). The van der Waals surface area contributed by atoms with Crippen molar-refractivity contribution in [3.05, 3.63) is 35.1 Å². The van der Waals surface area contributed by atoms with Gasteiger partial charge in [-0.25, -0.2) is 4.39 Å². The highest BCUT2D eigenvalue weighted by Crippen LogP contribution is 2.26. The molecule has 0 spiro atoms. The minimum Gasteiger partial charge on any atom is -0.345 e. The molecule has 1 aromatic carbocycles. The molecule has 0 N–H and O–H groups in total. The zero-order chi connectivity index (χ0) is 16.3. The quantitative estimate of drug-likeness (QED) is 0.851. The molecular weight excluding hydrogens is 279 g/mol. The van der Waals surface area contributed by atoms with Crippen molar-refractivity contribution in [2.24, 2.45) is 11.8 Å². The molecule has 0 radical (unpaired) electrons. The summed E-state index contributed by atoms with van der Waals surface area (Å²) in [6.45, 7) is 7.15. The van der Waals surface area contributed by atoms with E-state index in [2.05, 4.69) is 18.7 Å². The van der Waals surface area contributed by atoms with Gasteiger partial charge in [0.05, 0.1) is 5.56 Å². The highest BCUT2D eigenvalue weighted by molar-refractivity contribution is 5.94. The summed E-state index contributed by atoms with van der Waals surface area (Å²) < 4.78 is 14.6. The zero-order valence-electron chi connectivity index (χ0n) is 14.1. The second-order valence-electron chi connectivity index (χ2n) is 6.84. The summed E-state index contributed by atoms with van der Waals surface area (Å²) >= 11 is 0. The lowest BCUT2D eigenvalue weighted by atomic mass is 9.86. The standard InChI is InChI=1S/C18H27FN2O/c1-13(2)14-8-10-21(11-9-14)12-15-6-5-7-16(17(15)19)18(22)20(3)4/h5-7,13-14H,8-12H2,1-4H3. The monoisotopic (exact) mass is 306 g/mol. The first kappa shape index (κ1) is 16.9. The summed E-state index contributed by atoms with van der Waals surface area (Å²) in [7, 11) is 3.29. The molecule has 0 aromatic heterocycles. The third kappa shape index (κ3) is 3.86. The molecule has 1 aromatic rings. The van der Waals surface area contributed by atoms with Gasteiger partial charge in [-0.1, -0.05) is 26.0 Å². The highest BCUT2D eigenvalue weighted by atomic mass is 19.1. The Bertz CT molecular complexity index is 520. The Morgan fingerprint density at radius 2 is 1.95 bits per heavy atom. The van der Waals surface area contributed by atoms with Gasteiger partial charge in [0.1, 0.15) is 5.82 Å². The molecule has 1 heterocycles. The van der Waals surface area contributed by atoms with Crippen LogP contribution in [0.25, 0.3) is 0 Å². The van der Waals surface area contributed by atoms with Gasteiger partial charge in [0, 0.05) is 26.2 Å². The summed E-state index contributed by atoms with van der Waals surface area (Å²) in [4.78, 5) is 15.7. The van der Waals surface area contributed by atoms with Crippen LogP contribution in [0.1, 0.15) is 42.6 Å². The Morgan fingerprint density at radius 1 is 1.32 bits per heavy atom. The fourth-order valence-electron chi connectivity index (χ4n) is 3.13. The van der Waals surface area contributed by atoms with Crippen molar-refractivity contribution < 1.29 is 9.18 Å². The maximum absolute atomic E-state index is 14.6. The van der Waals surface area contributed by atoms with Crippen LogP contribution in [0.2, 0.25) is 0 Å². The first-order valence-electron chi connectivity index (χ1n) is 8.11. The molecule has 1 amide bonds. The summed E-state index contributed by atoms with van der Waals surface area (Å²) in [6, 6.07) is 5.12. The molecule has 4 heteroatoms. The number of rotatable bonds is 4. The lowest BCUT2D eigenvalue weighted by molar-refractivity contribution is 0.0822. The molecule has 0 atom stereocenters. The first-order valence-corrected chi connectivity index (χ1v) is 8.11. The van der Waals surface area contributed by atoms with Crippen LogP contribution >= 0.6 is 0 Å². The number of likely N-dealkylation sites (tertiary alicyclic amines) is 1. The van der Waals surface area contributed by atoms with Crippen molar-refractivity contribution in [2.75, 3.05) is 27.2 Å². The van der Waals surface area contributed by atoms with Crippen molar-refractivity contribution in [2.45, 2.75) is 33.2 Å². The molecule has 1 fully saturated rings. The van der Waals surface area contributed by atoms with E-state index in [1.165, 1.54) is 17.7 Å². The van der Waals surface area contributed by atoms with Gasteiger partial charge in [-0.05, 0) is 43.8 Å². The summed E-state index contributed by atoms with van der Waals surface area (Å²) in [5.74, 6) is 0.854. The van der Waals surface area contributed by atoms with Crippen LogP contribution in [-0.2, 0) is 6.54 Å². The Labute approximate surface area is 133 Å². The minimum atomic E-state index is -0.368. The maximum Gasteiger partial charge on any atom is 0.256 e. The lowest BCUT2D eigenvalue weighted by Gasteiger charge is -2.34. The average molecular weight is 306 g/mol. The molecule has 1 saturated heterocycles. The van der Waals surface area contributed by atoms with Crippen molar-refractivity contribution in [3.63, 3.8) is 0 Å². The summed E-state index contributed by atoms with van der Waals surface area (Å²) in [5.41, 5.74) is 0.787. The number of hydrogen-bond acceptors (Lipinski definition) is 2. The fraction of sp³-hybridized carbons (Fsp3) is 0.611. The van der Waals surface area contributed by atoms with Crippen LogP contribution in [0.3, 0.4) is 0 Å². The van der Waals surface area contributed by atoms with Gasteiger partial charge in [0.15, 0.2) is 0 Å². The van der Waals surface area contributed by atoms with Crippen LogP contribution in [0, 0.1) is 17.7 Å². The highest BCUT2D eigenvalue weighted by Gasteiger charge is 2.23. The summed E-state index contributed by atoms with van der Waals surface area (Å²) in [5, 5.41) is 0. The predicted molar refractivity (Wildman–Crippen MR) is 87.3 cm³/mol. The second kappa shape index (κ2) is 7.23. The largest absolute Gasteiger partial charge is 0.345 e. The van der Waals surface area contributed by atoms with Gasteiger partial charge in [-0.15, -0.1) is 0 Å². The molecule has 0 bridgehead atoms. The van der Waals surface area contributed by atoms with Gasteiger partial charge in [-0.3, -0.25) is 9.69 Å². The van der Waals surface area contributed by atoms with E-state index in [9.17, 15) is 9.18 Å². The number of hydrogen-bond donors (Lipinski definition) is 0. The number of piperidine rings is 1. The Balaban J connectivity index is 2.05. The molecular formula is C18H27FN2O. The van der Waals surface area contributed by atoms with Crippen LogP contribution in [0.15, 0.2) is 18.2 Å². The van der Waals surface area contributed by atoms with Gasteiger partial charge in [-0.2, -0.15) is 0 Å². The molecule has 1 aliphatic heterocycles. The molecule has 3 nitrogen and oxygen atoms in total. The third-order valence-corrected chi connectivity index (χ3v) is 4.68. The van der Waals surface area contributed by atoms with Crippen LogP contribution in [0.5, 0.6) is 0 Å². The number of carbonyl (C=O) groups excluding carboxylic acids is 1. The van der Waals surface area contributed by atoms with E-state index in [1.807, 2.05) is 0 Å². The molecule has 0 aliphatic carbocycles. The van der Waals surface area contributed by atoms with Crippen LogP contribution in [-0.4, -0.2) is 42.9 Å². The van der Waals surface area contributed by atoms with E-state index >= 15 is 0 Å². The van der Waals surface area contributed by atoms with Crippen LogP contribution in [0.4, 0.5) is 4.39 Å². The normalized spacial score (nSPS) is 17.0. The van der Waals surface area contributed by atoms with E-state index in [0.29, 0.717) is 12.1 Å². The summed E-state index contributed by atoms with van der Waals surface area (Å²) in [6.07, 6.45) is 2.35. The number of nitrogens with zero attached hydrogens (tertiary/aromatic N) is 2. The van der Waals surface area contributed by atoms with Gasteiger partial charge >= 0.3 is 0 Å². The molecule has 22 heavy (non-hydrogen) atoms. The van der Waals surface area contributed by atoms with E-state index in [4.69, 9.17) is 0 Å². The van der Waals surface area contributed by atoms with E-state index in [1.54, 1.807) is 32.3 Å². The van der Waals surface area contributed by atoms with E-state index in [0.717, 1.165) is 24.9 Å². The maximum atomic E-state index is 14.6. The van der Waals surface area contributed by atoms with Gasteiger partial charge in [0.2, 0.25) is 0 Å². The van der Waals surface area contributed by atoms with E-state index in [-0.39, 0.29) is 17.3 Å². The minimum absolute atomic E-state index is 0.166. The Hall–Kier alpha value is -1.42. The van der Waals surface area contributed by atoms with Gasteiger partial charge in [0.25, 0.3) is 5.91 Å². The molecule has 122 valence electrons. The molecule has 0 saturated carbocycles. The first-order chi connectivity index (χ1) is 10.4. The SMILES string of the molecule is CC(C)C1CCN(Cc2cccc(C(=O)N(C)C)c2F)CC1. The number of amides is 1. The number of carbonyl (C=O) groups is 1. The Morgan fingerprint density at radius 3 is 2.50 bits per heavy atom. The number of halogens is 1. The second-order valence-corrected chi connectivity index (χ2v) is 6.84. The van der Waals surface area contributed by atoms with Crippen molar-refractivity contribution in [1.82, 2.24) is 9.80 Å². The molecule has 1 aliphatic rings. The molecule has 0 unspecified atom stereocenters. The predicted octanol–water partition coefficient (Wildman–Crippen LogP) is 3.40. The van der Waals surface area contributed by atoms with Crippen molar-refractivity contribution >= 4 is 5.91 Å². The smallest absolute Gasteiger partial charge is 0.256 e. The lowest BCUT2D eigenvalue weighted by Crippen LogP contribution is -2.35. The third-order valence-electron chi connectivity index (χ3n) is 4.68. The fourth-order valence-corrected chi connectivity index (χ4v) is 3.13.